The molecule has 0 aromatic heterocycles. The van der Waals surface area contributed by atoms with Crippen molar-refractivity contribution in [1.29, 1.82) is 0 Å². The Balaban J connectivity index is 0.000000245. The largest absolute Gasteiger partial charge is 0.197 e. The summed E-state index contributed by atoms with van der Waals surface area (Å²) in [5.74, 6) is 0. The van der Waals surface area contributed by atoms with Crippen molar-refractivity contribution < 1.29 is 0 Å². The first-order chi connectivity index (χ1) is 6.79. The highest BCUT2D eigenvalue weighted by Crippen LogP contribution is 2.03. The minimum absolute atomic E-state index is 0. The SMILES string of the molecule is Cc1ccccc1.Clc1ccccc1.S. The molecule has 0 saturated heterocycles. The molecule has 0 spiro atoms. The first-order valence-electron chi connectivity index (χ1n) is 4.51. The summed E-state index contributed by atoms with van der Waals surface area (Å²) in [7, 11) is 0. The predicted octanol–water partition coefficient (Wildman–Crippen LogP) is 4.45. The number of rotatable bonds is 0. The molecule has 15 heavy (non-hydrogen) atoms. The maximum absolute atomic E-state index is 5.54. The van der Waals surface area contributed by atoms with Gasteiger partial charge in [-0.25, -0.2) is 0 Å². The molecule has 80 valence electrons. The summed E-state index contributed by atoms with van der Waals surface area (Å²) >= 11 is 5.54. The van der Waals surface area contributed by atoms with Crippen molar-refractivity contribution in [2.45, 2.75) is 6.92 Å². The highest BCUT2D eigenvalue weighted by atomic mass is 35.5. The summed E-state index contributed by atoms with van der Waals surface area (Å²) < 4.78 is 0. The quantitative estimate of drug-likeness (QED) is 0.636. The molecular weight excluding hydrogens is 224 g/mol. The summed E-state index contributed by atoms with van der Waals surface area (Å²) in [6.45, 7) is 2.08. The van der Waals surface area contributed by atoms with Gasteiger partial charge in [0.25, 0.3) is 0 Å². The van der Waals surface area contributed by atoms with Gasteiger partial charge in [-0.3, -0.25) is 0 Å². The minimum Gasteiger partial charge on any atom is -0.197 e. The molecule has 0 heterocycles. The second-order valence-corrected chi connectivity index (χ2v) is 3.39. The third kappa shape index (κ3) is 7.06. The minimum atomic E-state index is 0. The van der Waals surface area contributed by atoms with Crippen LogP contribution < -0.4 is 0 Å². The van der Waals surface area contributed by atoms with Crippen molar-refractivity contribution in [1.82, 2.24) is 0 Å². The van der Waals surface area contributed by atoms with Crippen molar-refractivity contribution in [3.05, 3.63) is 71.2 Å². The molecule has 0 N–H and O–H groups in total. The Morgan fingerprint density at radius 3 is 1.33 bits per heavy atom. The molecule has 0 unspecified atom stereocenters. The van der Waals surface area contributed by atoms with E-state index in [-0.39, 0.29) is 13.5 Å². The fourth-order valence-corrected chi connectivity index (χ4v) is 1.09. The lowest BCUT2D eigenvalue weighted by molar-refractivity contribution is 1.48. The van der Waals surface area contributed by atoms with Gasteiger partial charge in [0.05, 0.1) is 0 Å². The summed E-state index contributed by atoms with van der Waals surface area (Å²) in [6.07, 6.45) is 0. The van der Waals surface area contributed by atoms with Crippen LogP contribution in [0.1, 0.15) is 5.56 Å². The van der Waals surface area contributed by atoms with Gasteiger partial charge in [0.2, 0.25) is 0 Å². The van der Waals surface area contributed by atoms with Crippen molar-refractivity contribution in [2.24, 2.45) is 0 Å². The van der Waals surface area contributed by atoms with Crippen molar-refractivity contribution in [3.8, 4) is 0 Å². The van der Waals surface area contributed by atoms with Gasteiger partial charge in [-0.05, 0) is 19.1 Å². The fourth-order valence-electron chi connectivity index (χ4n) is 0.949. The topological polar surface area (TPSA) is 0 Å². The normalized spacial score (nSPS) is 8.13. The predicted molar refractivity (Wildman–Crippen MR) is 73.0 cm³/mol. The van der Waals surface area contributed by atoms with Crippen LogP contribution in [0, 0.1) is 6.92 Å². The molecule has 0 aliphatic carbocycles. The molecule has 2 aromatic rings. The van der Waals surface area contributed by atoms with Crippen molar-refractivity contribution in [2.75, 3.05) is 0 Å². The summed E-state index contributed by atoms with van der Waals surface area (Å²) in [5.41, 5.74) is 1.32. The summed E-state index contributed by atoms with van der Waals surface area (Å²) in [6, 6.07) is 19.7. The Kier molecular flexibility index (Phi) is 7.88. The van der Waals surface area contributed by atoms with E-state index < -0.39 is 0 Å². The van der Waals surface area contributed by atoms with E-state index in [4.69, 9.17) is 11.6 Å². The lowest BCUT2D eigenvalue weighted by atomic mass is 10.2. The smallest absolute Gasteiger partial charge is 0.0405 e. The molecule has 0 bridgehead atoms. The lowest BCUT2D eigenvalue weighted by Gasteiger charge is -1.82. The lowest BCUT2D eigenvalue weighted by Crippen LogP contribution is -1.62. The van der Waals surface area contributed by atoms with Crippen LogP contribution in [0.15, 0.2) is 60.7 Å². The van der Waals surface area contributed by atoms with Gasteiger partial charge in [-0.1, -0.05) is 65.7 Å². The van der Waals surface area contributed by atoms with Gasteiger partial charge < -0.3 is 0 Å². The Labute approximate surface area is 103 Å². The molecular formula is C13H15ClS. The molecule has 0 radical (unpaired) electrons. The van der Waals surface area contributed by atoms with Crippen LogP contribution in [0.25, 0.3) is 0 Å². The molecule has 2 heteroatoms. The monoisotopic (exact) mass is 238 g/mol. The number of hydrogen-bond donors (Lipinski definition) is 0. The number of halogens is 1. The highest BCUT2D eigenvalue weighted by molar-refractivity contribution is 7.59. The van der Waals surface area contributed by atoms with Crippen LogP contribution in [-0.2, 0) is 0 Å². The van der Waals surface area contributed by atoms with Gasteiger partial charge in [0, 0.05) is 5.02 Å². The Hall–Kier alpha value is -0.920. The van der Waals surface area contributed by atoms with Gasteiger partial charge in [-0.15, -0.1) is 0 Å². The first kappa shape index (κ1) is 14.1. The van der Waals surface area contributed by atoms with Crippen LogP contribution in [-0.4, -0.2) is 0 Å². The number of benzene rings is 2. The van der Waals surface area contributed by atoms with Crippen LogP contribution in [0.5, 0.6) is 0 Å². The molecule has 0 amide bonds. The standard InChI is InChI=1S/C7H8.C6H5Cl.H2S/c1-7-5-3-2-4-6-7;7-6-4-2-1-3-5-6;/h2-6H,1H3;1-5H;1H2. The summed E-state index contributed by atoms with van der Waals surface area (Å²) in [5, 5.41) is 0.794. The van der Waals surface area contributed by atoms with Crippen LogP contribution in [0.2, 0.25) is 5.02 Å². The molecule has 0 fully saturated rings. The van der Waals surface area contributed by atoms with E-state index in [2.05, 4.69) is 19.1 Å². The van der Waals surface area contributed by atoms with E-state index in [0.717, 1.165) is 5.02 Å². The molecule has 0 aliphatic rings. The van der Waals surface area contributed by atoms with E-state index in [1.807, 2.05) is 48.5 Å². The van der Waals surface area contributed by atoms with Crippen molar-refractivity contribution >= 4 is 25.1 Å². The van der Waals surface area contributed by atoms with Gasteiger partial charge in [0.15, 0.2) is 0 Å². The summed E-state index contributed by atoms with van der Waals surface area (Å²) in [4.78, 5) is 0. The highest BCUT2D eigenvalue weighted by Gasteiger charge is 1.75. The zero-order chi connectivity index (χ0) is 10.2. The molecule has 0 nitrogen and oxygen atoms in total. The third-order valence-corrected chi connectivity index (χ3v) is 1.93. The van der Waals surface area contributed by atoms with E-state index in [0.29, 0.717) is 0 Å². The molecule has 2 aromatic carbocycles. The number of aryl methyl sites for hydroxylation is 1. The number of hydrogen-bond acceptors (Lipinski definition) is 0. The van der Waals surface area contributed by atoms with E-state index >= 15 is 0 Å². The fraction of sp³-hybridized carbons (Fsp3) is 0.0769. The second-order valence-electron chi connectivity index (χ2n) is 2.95. The molecule has 0 saturated carbocycles. The van der Waals surface area contributed by atoms with Crippen molar-refractivity contribution in [3.63, 3.8) is 0 Å². The van der Waals surface area contributed by atoms with E-state index in [9.17, 15) is 0 Å². The van der Waals surface area contributed by atoms with E-state index in [1.54, 1.807) is 0 Å². The maximum atomic E-state index is 5.54. The zero-order valence-corrected chi connectivity index (χ0v) is 10.4. The second kappa shape index (κ2) is 8.39. The maximum Gasteiger partial charge on any atom is 0.0405 e. The van der Waals surface area contributed by atoms with Gasteiger partial charge in [-0.2, -0.15) is 13.5 Å². The average molecular weight is 239 g/mol. The van der Waals surface area contributed by atoms with Crippen LogP contribution >= 0.6 is 25.1 Å². The van der Waals surface area contributed by atoms with Crippen LogP contribution in [0.3, 0.4) is 0 Å². The molecule has 2 rings (SSSR count). The van der Waals surface area contributed by atoms with Gasteiger partial charge in [0.1, 0.15) is 0 Å². The van der Waals surface area contributed by atoms with E-state index in [1.165, 1.54) is 5.56 Å². The molecule has 0 atom stereocenters. The third-order valence-electron chi connectivity index (χ3n) is 1.67. The average Bonchev–Trinajstić information content (AvgIpc) is 2.21. The zero-order valence-electron chi connectivity index (χ0n) is 8.65. The first-order valence-corrected chi connectivity index (χ1v) is 4.89. The Bertz CT molecular complexity index is 308. The Morgan fingerprint density at radius 2 is 1.13 bits per heavy atom. The Morgan fingerprint density at radius 1 is 0.733 bits per heavy atom. The van der Waals surface area contributed by atoms with Gasteiger partial charge >= 0.3 is 0 Å². The van der Waals surface area contributed by atoms with Crippen LogP contribution in [0.4, 0.5) is 0 Å². The molecule has 0 aliphatic heterocycles.